The van der Waals surface area contributed by atoms with Gasteiger partial charge in [0.25, 0.3) is 0 Å². The summed E-state index contributed by atoms with van der Waals surface area (Å²) in [6, 6.07) is 6.79. The Bertz CT molecular complexity index is 890. The van der Waals surface area contributed by atoms with Gasteiger partial charge in [-0.2, -0.15) is 0 Å². The molecule has 0 saturated heterocycles. The van der Waals surface area contributed by atoms with E-state index in [2.05, 4.69) is 78.8 Å². The molecule has 0 bridgehead atoms. The van der Waals surface area contributed by atoms with Crippen molar-refractivity contribution < 1.29 is 52.8 Å². The van der Waals surface area contributed by atoms with Crippen molar-refractivity contribution in [2.45, 2.75) is 64.9 Å². The minimum Gasteiger partial charge on any atom is -1.00 e. The van der Waals surface area contributed by atoms with Gasteiger partial charge < -0.3 is 24.8 Å². The molecule has 1 aromatic carbocycles. The standard InChI is InChI=1S/C16H19O.C10H15.2ClH.Zr/c1-3-4-9-17-10-8-14-6-5-7-15-11-13(2)12-16(14)15;1-7-6-10(4,5)9(3)8(7)2;;;/h5-8,10-12H,3-4,9H2,1-2H3;1-5H3;2*1H;/q;;;;+2/p-2. The van der Waals surface area contributed by atoms with E-state index in [1.807, 2.05) is 6.26 Å². The fourth-order valence-electron chi connectivity index (χ4n) is 4.36. The maximum absolute atomic E-state index is 5.66. The average Bonchev–Trinajstić information content (AvgIpc) is 3.05. The van der Waals surface area contributed by atoms with E-state index in [-0.39, 0.29) is 30.2 Å². The zero-order valence-corrected chi connectivity index (χ0v) is 23.3. The molecule has 0 heterocycles. The van der Waals surface area contributed by atoms with Crippen molar-refractivity contribution in [3.63, 3.8) is 0 Å². The Hall–Kier alpha value is -0.557. The number of benzene rings is 1. The molecule has 0 N–H and O–H groups in total. The number of hydrogen-bond acceptors (Lipinski definition) is 1. The molecule has 162 valence electrons. The predicted octanol–water partition coefficient (Wildman–Crippen LogP) is 1.67. The minimum absolute atomic E-state index is 0. The van der Waals surface area contributed by atoms with Gasteiger partial charge in [-0.25, -0.2) is 0 Å². The molecule has 1 atom stereocenters. The summed E-state index contributed by atoms with van der Waals surface area (Å²) < 4.78 is 8.09. The Morgan fingerprint density at radius 1 is 1.07 bits per heavy atom. The molecule has 0 radical (unpaired) electrons. The van der Waals surface area contributed by atoms with Crippen LogP contribution < -0.4 is 24.8 Å². The number of fused-ring (bicyclic) bond motifs is 1. The summed E-state index contributed by atoms with van der Waals surface area (Å²) in [5, 5.41) is 0. The van der Waals surface area contributed by atoms with E-state index in [0.29, 0.717) is 3.63 Å². The van der Waals surface area contributed by atoms with Gasteiger partial charge in [-0.1, -0.05) is 0 Å². The predicted molar refractivity (Wildman–Crippen MR) is 118 cm³/mol. The number of rotatable bonds is 7. The van der Waals surface area contributed by atoms with Crippen LogP contribution in [0.4, 0.5) is 0 Å². The normalized spacial score (nSPS) is 19.3. The van der Waals surface area contributed by atoms with Gasteiger partial charge in [-0.05, 0) is 0 Å². The summed E-state index contributed by atoms with van der Waals surface area (Å²) in [6.07, 6.45) is 8.74. The van der Waals surface area contributed by atoms with Crippen LogP contribution in [-0.4, -0.2) is 6.61 Å². The summed E-state index contributed by atoms with van der Waals surface area (Å²) >= 11 is -0.787. The zero-order valence-electron chi connectivity index (χ0n) is 19.3. The Morgan fingerprint density at radius 2 is 1.77 bits per heavy atom. The molecule has 4 heteroatoms. The van der Waals surface area contributed by atoms with Gasteiger partial charge in [-0.3, -0.25) is 0 Å². The fraction of sp³-hybridized carbons (Fsp3) is 0.462. The summed E-state index contributed by atoms with van der Waals surface area (Å²) in [4.78, 5) is 0. The van der Waals surface area contributed by atoms with Crippen LogP contribution in [0.1, 0.15) is 81.6 Å². The van der Waals surface area contributed by atoms with Gasteiger partial charge >= 0.3 is 184 Å². The molecular formula is C26H34Cl2OZr. The molecule has 0 aliphatic heterocycles. The molecule has 2 aliphatic carbocycles. The van der Waals surface area contributed by atoms with Crippen LogP contribution in [0.2, 0.25) is 0 Å². The summed E-state index contributed by atoms with van der Waals surface area (Å²) in [6.45, 7) is 17.2. The zero-order chi connectivity index (χ0) is 20.5. The van der Waals surface area contributed by atoms with Gasteiger partial charge in [0.1, 0.15) is 0 Å². The number of halogens is 2. The SMILES string of the molecule is CCCCOC=Cc1cccc2c1C=C(C)[CH]2[Zr+2][C]1=C(C)C(C)=C(C)C1(C)C.[Cl-].[Cl-]. The molecule has 2 aliphatic rings. The Balaban J connectivity index is 0.00000225. The smallest absolute Gasteiger partial charge is 1.00 e. The molecule has 3 rings (SSSR count). The second-order valence-corrected chi connectivity index (χ2v) is 12.1. The maximum Gasteiger partial charge on any atom is -1.00 e. The Kier molecular flexibility index (Phi) is 10.4. The van der Waals surface area contributed by atoms with E-state index in [4.69, 9.17) is 4.74 Å². The first-order valence-electron chi connectivity index (χ1n) is 10.5. The quantitative estimate of drug-likeness (QED) is 0.390. The molecule has 0 spiro atoms. The summed E-state index contributed by atoms with van der Waals surface area (Å²) in [5.74, 6) is 0. The third kappa shape index (κ3) is 5.25. The van der Waals surface area contributed by atoms with Gasteiger partial charge in [0.15, 0.2) is 0 Å². The number of unbranched alkanes of at least 4 members (excludes halogenated alkanes) is 1. The molecule has 0 aromatic heterocycles. The Morgan fingerprint density at radius 3 is 2.37 bits per heavy atom. The average molecular weight is 525 g/mol. The molecule has 30 heavy (non-hydrogen) atoms. The molecule has 1 aromatic rings. The van der Waals surface area contributed by atoms with Gasteiger partial charge in [0.05, 0.1) is 0 Å². The van der Waals surface area contributed by atoms with Gasteiger partial charge in [0, 0.05) is 0 Å². The van der Waals surface area contributed by atoms with Crippen LogP contribution in [0.15, 0.2) is 50.0 Å². The van der Waals surface area contributed by atoms with Crippen LogP contribution in [0.25, 0.3) is 12.2 Å². The third-order valence-corrected chi connectivity index (χ3v) is 12.4. The number of ether oxygens (including phenoxy) is 1. The molecule has 1 unspecified atom stereocenters. The van der Waals surface area contributed by atoms with Crippen LogP contribution in [0.5, 0.6) is 0 Å². The van der Waals surface area contributed by atoms with Crippen molar-refractivity contribution in [3.8, 4) is 0 Å². The van der Waals surface area contributed by atoms with Crippen LogP contribution >= 0.6 is 0 Å². The largest absolute Gasteiger partial charge is 1.00 e. The fourth-order valence-corrected chi connectivity index (χ4v) is 9.17. The first-order chi connectivity index (χ1) is 13.3. The van der Waals surface area contributed by atoms with E-state index in [1.54, 1.807) is 20.0 Å². The Labute approximate surface area is 207 Å². The number of allylic oxidation sites excluding steroid dienone is 5. The first-order valence-corrected chi connectivity index (χ1v) is 13.2. The minimum atomic E-state index is -0.787. The van der Waals surface area contributed by atoms with Crippen molar-refractivity contribution in [1.29, 1.82) is 0 Å². The topological polar surface area (TPSA) is 9.23 Å². The number of hydrogen-bond donors (Lipinski definition) is 0. The van der Waals surface area contributed by atoms with E-state index in [9.17, 15) is 0 Å². The third-order valence-electron chi connectivity index (χ3n) is 6.62. The van der Waals surface area contributed by atoms with E-state index < -0.39 is 23.2 Å². The van der Waals surface area contributed by atoms with Crippen molar-refractivity contribution in [2.24, 2.45) is 5.41 Å². The van der Waals surface area contributed by atoms with Crippen LogP contribution in [0, 0.1) is 5.41 Å². The molecular weight excluding hydrogens is 490 g/mol. The molecule has 1 nitrogen and oxygen atoms in total. The first kappa shape index (κ1) is 27.5. The monoisotopic (exact) mass is 522 g/mol. The van der Waals surface area contributed by atoms with Crippen molar-refractivity contribution in [1.82, 2.24) is 0 Å². The van der Waals surface area contributed by atoms with Gasteiger partial charge in [0.2, 0.25) is 0 Å². The van der Waals surface area contributed by atoms with Crippen LogP contribution in [0.3, 0.4) is 0 Å². The molecule has 0 saturated carbocycles. The van der Waals surface area contributed by atoms with E-state index in [0.717, 1.165) is 13.0 Å². The maximum atomic E-state index is 5.66. The second-order valence-electron chi connectivity index (χ2n) is 8.72. The summed E-state index contributed by atoms with van der Waals surface area (Å²) in [5.41, 5.74) is 10.7. The van der Waals surface area contributed by atoms with Crippen LogP contribution in [-0.2, 0) is 28.0 Å². The van der Waals surface area contributed by atoms with E-state index >= 15 is 0 Å². The van der Waals surface area contributed by atoms with Crippen molar-refractivity contribution >= 4 is 12.2 Å². The van der Waals surface area contributed by atoms with Crippen molar-refractivity contribution in [3.05, 3.63) is 66.7 Å². The van der Waals surface area contributed by atoms with Gasteiger partial charge in [-0.15, -0.1) is 0 Å². The molecule has 0 fully saturated rings. The van der Waals surface area contributed by atoms with E-state index in [1.165, 1.54) is 28.7 Å². The second kappa shape index (κ2) is 11.4. The van der Waals surface area contributed by atoms with Crippen molar-refractivity contribution in [2.75, 3.05) is 6.61 Å². The molecule has 0 amide bonds. The summed E-state index contributed by atoms with van der Waals surface area (Å²) in [7, 11) is 0.